The van der Waals surface area contributed by atoms with Crippen LogP contribution in [0.2, 0.25) is 0 Å². The molecule has 0 aliphatic rings. The van der Waals surface area contributed by atoms with Gasteiger partial charge in [0.1, 0.15) is 5.56 Å². The van der Waals surface area contributed by atoms with Crippen LogP contribution in [-0.2, 0) is 0 Å². The molecule has 0 saturated carbocycles. The van der Waals surface area contributed by atoms with Gasteiger partial charge in [-0.05, 0) is 42.7 Å². The van der Waals surface area contributed by atoms with Gasteiger partial charge in [0.15, 0.2) is 11.6 Å². The molecule has 126 valence electrons. The van der Waals surface area contributed by atoms with E-state index >= 15 is 0 Å². The summed E-state index contributed by atoms with van der Waals surface area (Å²) in [7, 11) is 0. The lowest BCUT2D eigenvalue weighted by atomic mass is 9.98. The van der Waals surface area contributed by atoms with Crippen molar-refractivity contribution in [2.75, 3.05) is 5.32 Å². The molecule has 0 atom stereocenters. The molecule has 2 aromatic carbocycles. The van der Waals surface area contributed by atoms with Crippen LogP contribution in [0.25, 0.3) is 11.1 Å². The van der Waals surface area contributed by atoms with Gasteiger partial charge >= 0.3 is 0 Å². The van der Waals surface area contributed by atoms with E-state index < -0.39 is 23.1 Å². The van der Waals surface area contributed by atoms with Crippen LogP contribution in [0.3, 0.4) is 0 Å². The molecule has 0 aliphatic heterocycles. The summed E-state index contributed by atoms with van der Waals surface area (Å²) >= 11 is 0. The number of benzene rings is 2. The van der Waals surface area contributed by atoms with Crippen LogP contribution in [0, 0.1) is 25.5 Å². The van der Waals surface area contributed by atoms with E-state index in [1.807, 2.05) is 32.0 Å². The van der Waals surface area contributed by atoms with Crippen LogP contribution < -0.4 is 5.32 Å². The van der Waals surface area contributed by atoms with Gasteiger partial charge < -0.3 is 5.32 Å². The van der Waals surface area contributed by atoms with E-state index in [1.54, 1.807) is 12.1 Å². The average molecular weight is 338 g/mol. The van der Waals surface area contributed by atoms with Gasteiger partial charge in [-0.25, -0.2) is 8.78 Å². The number of hydrogen-bond acceptors (Lipinski definition) is 2. The van der Waals surface area contributed by atoms with Crippen LogP contribution in [0.1, 0.15) is 21.5 Å². The number of rotatable bonds is 3. The third kappa shape index (κ3) is 3.55. The van der Waals surface area contributed by atoms with E-state index in [2.05, 4.69) is 22.4 Å². The average Bonchev–Trinajstić information content (AvgIpc) is 2.58. The number of aromatic nitrogens is 1. The van der Waals surface area contributed by atoms with E-state index in [-0.39, 0.29) is 0 Å². The summed E-state index contributed by atoms with van der Waals surface area (Å²) in [5.41, 5.74) is 4.21. The Bertz CT molecular complexity index is 917. The lowest BCUT2D eigenvalue weighted by molar-refractivity contribution is 0.101. The van der Waals surface area contributed by atoms with Gasteiger partial charge in [-0.15, -0.1) is 0 Å². The van der Waals surface area contributed by atoms with Crippen LogP contribution >= 0.6 is 0 Å². The highest BCUT2D eigenvalue weighted by molar-refractivity contribution is 6.04. The molecule has 0 spiro atoms. The summed E-state index contributed by atoms with van der Waals surface area (Å²) < 4.78 is 27.2. The number of nitrogens with one attached hydrogen (secondary N) is 1. The molecular weight excluding hydrogens is 322 g/mol. The zero-order valence-electron chi connectivity index (χ0n) is 13.8. The van der Waals surface area contributed by atoms with Crippen molar-refractivity contribution in [1.82, 2.24) is 4.98 Å². The Kier molecular flexibility index (Phi) is 4.57. The molecule has 0 unspecified atom stereocenters. The van der Waals surface area contributed by atoms with E-state index in [9.17, 15) is 13.6 Å². The van der Waals surface area contributed by atoms with E-state index in [0.29, 0.717) is 5.69 Å². The number of anilines is 1. The standard InChI is InChI=1S/C20H16F2N2O/c1-12-3-4-13(2)16(9-12)14-5-7-15(8-6-14)24-20(25)19-17(21)10-23-11-18(19)22/h3-11H,1-2H3,(H,24,25). The van der Waals surface area contributed by atoms with Crippen molar-refractivity contribution in [3.63, 3.8) is 0 Å². The molecule has 0 fully saturated rings. The largest absolute Gasteiger partial charge is 0.322 e. The van der Waals surface area contributed by atoms with Crippen LogP contribution in [-0.4, -0.2) is 10.9 Å². The molecule has 1 aromatic heterocycles. The molecule has 3 nitrogen and oxygen atoms in total. The van der Waals surface area contributed by atoms with E-state index in [0.717, 1.165) is 34.6 Å². The zero-order valence-corrected chi connectivity index (χ0v) is 13.8. The molecule has 1 heterocycles. The van der Waals surface area contributed by atoms with Gasteiger partial charge in [0.25, 0.3) is 5.91 Å². The molecule has 1 amide bonds. The monoisotopic (exact) mass is 338 g/mol. The van der Waals surface area contributed by atoms with Crippen molar-refractivity contribution in [2.45, 2.75) is 13.8 Å². The Morgan fingerprint density at radius 3 is 2.24 bits per heavy atom. The van der Waals surface area contributed by atoms with Crippen LogP contribution in [0.15, 0.2) is 54.9 Å². The van der Waals surface area contributed by atoms with Crippen molar-refractivity contribution >= 4 is 11.6 Å². The summed E-state index contributed by atoms with van der Waals surface area (Å²) in [6, 6.07) is 13.3. The van der Waals surface area contributed by atoms with Crippen LogP contribution in [0.4, 0.5) is 14.5 Å². The van der Waals surface area contributed by atoms with Gasteiger partial charge in [-0.2, -0.15) is 0 Å². The van der Waals surface area contributed by atoms with Crippen molar-refractivity contribution in [3.05, 3.63) is 83.2 Å². The minimum Gasteiger partial charge on any atom is -0.322 e. The maximum Gasteiger partial charge on any atom is 0.261 e. The number of halogens is 2. The summed E-state index contributed by atoms with van der Waals surface area (Å²) in [5, 5.41) is 2.50. The molecule has 0 aliphatic carbocycles. The Hall–Kier alpha value is -3.08. The number of nitrogens with zero attached hydrogens (tertiary/aromatic N) is 1. The number of hydrogen-bond donors (Lipinski definition) is 1. The number of carbonyl (C=O) groups is 1. The first kappa shape index (κ1) is 16.8. The van der Waals surface area contributed by atoms with E-state index in [4.69, 9.17) is 0 Å². The van der Waals surface area contributed by atoms with Crippen molar-refractivity contribution in [2.24, 2.45) is 0 Å². The highest BCUT2D eigenvalue weighted by Crippen LogP contribution is 2.26. The van der Waals surface area contributed by atoms with Gasteiger partial charge in [0, 0.05) is 5.69 Å². The van der Waals surface area contributed by atoms with Crippen molar-refractivity contribution < 1.29 is 13.6 Å². The fourth-order valence-electron chi connectivity index (χ4n) is 2.60. The normalized spacial score (nSPS) is 10.6. The van der Waals surface area contributed by atoms with Gasteiger partial charge in [-0.3, -0.25) is 9.78 Å². The predicted molar refractivity (Wildman–Crippen MR) is 93.5 cm³/mol. The second-order valence-corrected chi connectivity index (χ2v) is 5.83. The third-order valence-corrected chi connectivity index (χ3v) is 3.93. The summed E-state index contributed by atoms with van der Waals surface area (Å²) in [6.07, 6.45) is 1.61. The van der Waals surface area contributed by atoms with Crippen molar-refractivity contribution in [3.8, 4) is 11.1 Å². The second kappa shape index (κ2) is 6.81. The summed E-state index contributed by atoms with van der Waals surface area (Å²) in [5.74, 6) is -2.84. The maximum absolute atomic E-state index is 13.6. The summed E-state index contributed by atoms with van der Waals surface area (Å²) in [4.78, 5) is 15.5. The first-order valence-electron chi connectivity index (χ1n) is 7.74. The fraction of sp³-hybridized carbons (Fsp3) is 0.100. The van der Waals surface area contributed by atoms with E-state index in [1.165, 1.54) is 0 Å². The Morgan fingerprint density at radius 2 is 1.60 bits per heavy atom. The number of aryl methyl sites for hydroxylation is 2. The molecule has 3 aromatic rings. The lowest BCUT2D eigenvalue weighted by Gasteiger charge is -2.10. The fourth-order valence-corrected chi connectivity index (χ4v) is 2.60. The van der Waals surface area contributed by atoms with Gasteiger partial charge in [0.05, 0.1) is 12.4 Å². The molecule has 1 N–H and O–H groups in total. The molecule has 0 saturated heterocycles. The third-order valence-electron chi connectivity index (χ3n) is 3.93. The number of amides is 1. The topological polar surface area (TPSA) is 42.0 Å². The molecule has 0 bridgehead atoms. The first-order valence-corrected chi connectivity index (χ1v) is 7.74. The molecule has 0 radical (unpaired) electrons. The highest BCUT2D eigenvalue weighted by atomic mass is 19.1. The zero-order chi connectivity index (χ0) is 18.0. The Labute approximate surface area is 144 Å². The lowest BCUT2D eigenvalue weighted by Crippen LogP contribution is -2.16. The smallest absolute Gasteiger partial charge is 0.261 e. The molecular formula is C20H16F2N2O. The SMILES string of the molecule is Cc1ccc(C)c(-c2ccc(NC(=O)c3c(F)cncc3F)cc2)c1. The van der Waals surface area contributed by atoms with Gasteiger partial charge in [0.2, 0.25) is 0 Å². The number of carbonyl (C=O) groups excluding carboxylic acids is 1. The number of pyridine rings is 1. The minimum atomic E-state index is -0.996. The predicted octanol–water partition coefficient (Wildman–Crippen LogP) is 4.90. The Balaban J connectivity index is 1.84. The van der Waals surface area contributed by atoms with Gasteiger partial charge in [-0.1, -0.05) is 35.9 Å². The maximum atomic E-state index is 13.6. The van der Waals surface area contributed by atoms with Crippen LogP contribution in [0.5, 0.6) is 0 Å². The van der Waals surface area contributed by atoms with Crippen molar-refractivity contribution in [1.29, 1.82) is 0 Å². The quantitative estimate of drug-likeness (QED) is 0.738. The second-order valence-electron chi connectivity index (χ2n) is 5.83. The molecule has 3 rings (SSSR count). The molecule has 5 heteroatoms. The minimum absolute atomic E-state index is 0.453. The highest BCUT2D eigenvalue weighted by Gasteiger charge is 2.17. The summed E-state index contributed by atoms with van der Waals surface area (Å²) in [6.45, 7) is 4.05. The first-order chi connectivity index (χ1) is 12.0. The Morgan fingerprint density at radius 1 is 0.960 bits per heavy atom. The molecule has 25 heavy (non-hydrogen) atoms.